The zero-order valence-corrected chi connectivity index (χ0v) is 17.0. The van der Waals surface area contributed by atoms with Crippen molar-refractivity contribution in [2.45, 2.75) is 69.3 Å². The number of carbonyl (C=O) groups is 1. The number of amides is 1. The smallest absolute Gasteiger partial charge is 0.235 e. The zero-order valence-electron chi connectivity index (χ0n) is 16.3. The highest BCUT2D eigenvalue weighted by Gasteiger charge is 2.42. The molecule has 0 aromatic heterocycles. The predicted octanol–water partition coefficient (Wildman–Crippen LogP) is 6.50. The van der Waals surface area contributed by atoms with Crippen molar-refractivity contribution in [1.82, 2.24) is 0 Å². The first kappa shape index (κ1) is 19.3. The molecule has 0 unspecified atom stereocenters. The van der Waals surface area contributed by atoms with Crippen LogP contribution >= 0.6 is 11.6 Å². The molecule has 2 fully saturated rings. The highest BCUT2D eigenvalue weighted by molar-refractivity contribution is 6.31. The summed E-state index contributed by atoms with van der Waals surface area (Å²) in [5, 5.41) is 3.83. The van der Waals surface area contributed by atoms with Gasteiger partial charge in [0.2, 0.25) is 5.91 Å². The number of carbonyl (C=O) groups excluding carboxylic acids is 1. The third-order valence-electron chi connectivity index (χ3n) is 6.25. The van der Waals surface area contributed by atoms with E-state index in [2.05, 4.69) is 5.32 Å². The maximum atomic E-state index is 13.4. The largest absolute Gasteiger partial charge is 0.490 e. The number of anilines is 1. The van der Waals surface area contributed by atoms with Gasteiger partial charge in [0, 0.05) is 10.7 Å². The van der Waals surface area contributed by atoms with Crippen molar-refractivity contribution < 1.29 is 9.53 Å². The fourth-order valence-electron chi connectivity index (χ4n) is 4.69. The van der Waals surface area contributed by atoms with E-state index in [1.807, 2.05) is 48.5 Å². The highest BCUT2D eigenvalue weighted by atomic mass is 35.5. The first-order valence-corrected chi connectivity index (χ1v) is 10.9. The number of hydrogen-bond donors (Lipinski definition) is 1. The van der Waals surface area contributed by atoms with Crippen molar-refractivity contribution in [3.63, 3.8) is 0 Å². The van der Waals surface area contributed by atoms with Crippen molar-refractivity contribution in [2.75, 3.05) is 5.32 Å². The molecule has 0 radical (unpaired) electrons. The maximum Gasteiger partial charge on any atom is 0.235 e. The van der Waals surface area contributed by atoms with Gasteiger partial charge in [0.15, 0.2) is 0 Å². The van der Waals surface area contributed by atoms with Crippen molar-refractivity contribution >= 4 is 23.2 Å². The Hall–Kier alpha value is -2.00. The van der Waals surface area contributed by atoms with Gasteiger partial charge in [0.25, 0.3) is 0 Å². The molecule has 2 saturated carbocycles. The molecule has 0 spiro atoms. The van der Waals surface area contributed by atoms with Gasteiger partial charge in [-0.05, 0) is 74.4 Å². The minimum Gasteiger partial charge on any atom is -0.490 e. The predicted molar refractivity (Wildman–Crippen MR) is 114 cm³/mol. The Kier molecular flexibility index (Phi) is 5.91. The molecule has 4 rings (SSSR count). The molecule has 2 aliphatic carbocycles. The van der Waals surface area contributed by atoms with E-state index in [1.54, 1.807) is 0 Å². The summed E-state index contributed by atoms with van der Waals surface area (Å²) in [6.07, 6.45) is 10.1. The summed E-state index contributed by atoms with van der Waals surface area (Å²) in [6.45, 7) is 0. The molecule has 4 heteroatoms. The van der Waals surface area contributed by atoms with Crippen LogP contribution in [0, 0.1) is 0 Å². The molecule has 0 saturated heterocycles. The number of benzene rings is 2. The lowest BCUT2D eigenvalue weighted by Gasteiger charge is -2.37. The minimum absolute atomic E-state index is 0.0461. The summed E-state index contributed by atoms with van der Waals surface area (Å²) in [4.78, 5) is 13.4. The van der Waals surface area contributed by atoms with E-state index in [-0.39, 0.29) is 5.91 Å². The molecule has 1 N–H and O–H groups in total. The maximum absolute atomic E-state index is 13.4. The molecular weight excluding hydrogens is 370 g/mol. The minimum atomic E-state index is -0.546. The molecule has 3 nitrogen and oxygen atoms in total. The quantitative estimate of drug-likeness (QED) is 0.625. The van der Waals surface area contributed by atoms with Gasteiger partial charge < -0.3 is 10.1 Å². The summed E-state index contributed by atoms with van der Waals surface area (Å²) >= 11 is 6.50. The van der Waals surface area contributed by atoms with Gasteiger partial charge in [-0.25, -0.2) is 0 Å². The Morgan fingerprint density at radius 2 is 1.61 bits per heavy atom. The summed E-state index contributed by atoms with van der Waals surface area (Å²) in [5.41, 5.74) is 1.21. The van der Waals surface area contributed by atoms with E-state index in [0.29, 0.717) is 11.1 Å². The number of hydrogen-bond acceptors (Lipinski definition) is 2. The average molecular weight is 398 g/mol. The Balaban J connectivity index is 1.51. The SMILES string of the molecule is O=C(Nc1ccc(OC2CCCC2)cc1)C1(c2ccccc2Cl)CCCCC1. The monoisotopic (exact) mass is 397 g/mol. The van der Waals surface area contributed by atoms with Crippen LogP contribution in [0.3, 0.4) is 0 Å². The number of nitrogens with one attached hydrogen (secondary N) is 1. The fraction of sp³-hybridized carbons (Fsp3) is 0.458. The van der Waals surface area contributed by atoms with Crippen molar-refractivity contribution in [3.05, 3.63) is 59.1 Å². The molecule has 2 aromatic rings. The molecule has 2 aliphatic rings. The van der Waals surface area contributed by atoms with E-state index >= 15 is 0 Å². The van der Waals surface area contributed by atoms with E-state index in [1.165, 1.54) is 19.3 Å². The second kappa shape index (κ2) is 8.57. The highest BCUT2D eigenvalue weighted by Crippen LogP contribution is 2.43. The Labute approximate surface area is 172 Å². The van der Waals surface area contributed by atoms with Gasteiger partial charge in [-0.1, -0.05) is 49.1 Å². The molecule has 28 heavy (non-hydrogen) atoms. The Bertz CT molecular complexity index is 806. The molecule has 0 bridgehead atoms. The van der Waals surface area contributed by atoms with Crippen LogP contribution in [0.2, 0.25) is 5.02 Å². The third kappa shape index (κ3) is 4.05. The van der Waals surface area contributed by atoms with Crippen LogP contribution in [0.1, 0.15) is 63.4 Å². The van der Waals surface area contributed by atoms with E-state index in [9.17, 15) is 4.79 Å². The molecule has 2 aromatic carbocycles. The van der Waals surface area contributed by atoms with Gasteiger partial charge in [-0.2, -0.15) is 0 Å². The molecule has 0 aliphatic heterocycles. The Morgan fingerprint density at radius 1 is 0.929 bits per heavy atom. The molecule has 0 heterocycles. The molecule has 148 valence electrons. The van der Waals surface area contributed by atoms with Gasteiger partial charge in [-0.3, -0.25) is 4.79 Å². The molecule has 1 amide bonds. The van der Waals surface area contributed by atoms with Gasteiger partial charge >= 0.3 is 0 Å². The summed E-state index contributed by atoms with van der Waals surface area (Å²) in [7, 11) is 0. The average Bonchev–Trinajstić information content (AvgIpc) is 3.23. The van der Waals surface area contributed by atoms with Crippen LogP contribution in [-0.2, 0) is 10.2 Å². The Morgan fingerprint density at radius 3 is 2.29 bits per heavy atom. The molecular formula is C24H28ClNO2. The first-order valence-electron chi connectivity index (χ1n) is 10.5. The third-order valence-corrected chi connectivity index (χ3v) is 6.58. The lowest BCUT2D eigenvalue weighted by atomic mass is 9.68. The number of halogens is 1. The number of ether oxygens (including phenoxy) is 1. The van der Waals surface area contributed by atoms with Crippen LogP contribution in [0.5, 0.6) is 5.75 Å². The normalized spacial score (nSPS) is 19.3. The molecule has 0 atom stereocenters. The van der Waals surface area contributed by atoms with Crippen molar-refractivity contribution in [3.8, 4) is 5.75 Å². The summed E-state index contributed by atoms with van der Waals surface area (Å²) in [5.74, 6) is 0.924. The standard InChI is InChI=1S/C24H28ClNO2/c25-22-11-5-4-10-21(22)24(16-6-1-7-17-24)23(27)26-18-12-14-20(15-13-18)28-19-8-2-3-9-19/h4-5,10-15,19H,1-3,6-9,16-17H2,(H,26,27). The van der Waals surface area contributed by atoms with Crippen LogP contribution in [0.15, 0.2) is 48.5 Å². The lowest BCUT2D eigenvalue weighted by molar-refractivity contribution is -0.122. The lowest BCUT2D eigenvalue weighted by Crippen LogP contribution is -2.42. The van der Waals surface area contributed by atoms with Gasteiger partial charge in [-0.15, -0.1) is 0 Å². The number of rotatable bonds is 5. The van der Waals surface area contributed by atoms with E-state index < -0.39 is 5.41 Å². The van der Waals surface area contributed by atoms with Crippen LogP contribution in [-0.4, -0.2) is 12.0 Å². The second-order valence-corrected chi connectivity index (χ2v) is 8.53. The second-order valence-electron chi connectivity index (χ2n) is 8.13. The van der Waals surface area contributed by atoms with Crippen LogP contribution < -0.4 is 10.1 Å². The summed E-state index contributed by atoms with van der Waals surface area (Å²) in [6, 6.07) is 15.6. The fourth-order valence-corrected chi connectivity index (χ4v) is 5.01. The van der Waals surface area contributed by atoms with Crippen molar-refractivity contribution in [2.24, 2.45) is 0 Å². The zero-order chi connectivity index (χ0) is 19.4. The van der Waals surface area contributed by atoms with Gasteiger partial charge in [0.05, 0.1) is 11.5 Å². The summed E-state index contributed by atoms with van der Waals surface area (Å²) < 4.78 is 6.03. The van der Waals surface area contributed by atoms with E-state index in [4.69, 9.17) is 16.3 Å². The van der Waals surface area contributed by atoms with Crippen molar-refractivity contribution in [1.29, 1.82) is 0 Å². The first-order chi connectivity index (χ1) is 13.7. The van der Waals surface area contributed by atoms with Crippen LogP contribution in [0.4, 0.5) is 5.69 Å². The van der Waals surface area contributed by atoms with Crippen LogP contribution in [0.25, 0.3) is 0 Å². The van der Waals surface area contributed by atoms with E-state index in [0.717, 1.165) is 55.5 Å². The topological polar surface area (TPSA) is 38.3 Å². The van der Waals surface area contributed by atoms with Gasteiger partial charge in [0.1, 0.15) is 5.75 Å².